The first kappa shape index (κ1) is 15.3. The van der Waals surface area contributed by atoms with E-state index >= 15 is 0 Å². The maximum atomic E-state index is 12.0. The highest BCUT2D eigenvalue weighted by atomic mass is 32.2. The third-order valence-electron chi connectivity index (χ3n) is 4.38. The van der Waals surface area contributed by atoms with E-state index in [2.05, 4.69) is 21.5 Å². The average Bonchev–Trinajstić information content (AvgIpc) is 3.26. The summed E-state index contributed by atoms with van der Waals surface area (Å²) in [6.07, 6.45) is 6.13. The van der Waals surface area contributed by atoms with E-state index in [0.717, 1.165) is 24.4 Å². The zero-order chi connectivity index (χ0) is 15.4. The Labute approximate surface area is 134 Å². The minimum absolute atomic E-state index is 0.121. The molecule has 0 aromatic carbocycles. The lowest BCUT2D eigenvalue weighted by molar-refractivity contribution is -0.122. The van der Waals surface area contributed by atoms with Crippen LogP contribution in [0.5, 0.6) is 0 Å². The molecule has 1 saturated heterocycles. The molecule has 2 heterocycles. The summed E-state index contributed by atoms with van der Waals surface area (Å²) in [7, 11) is 0. The molecule has 1 aromatic rings. The SMILES string of the molecule is N#C[C@@]1(NC(=O)CCc2nc(C3CCCC3)no2)CCSC1. The molecule has 2 aliphatic rings. The number of nitriles is 1. The van der Waals surface area contributed by atoms with Crippen LogP contribution in [0, 0.1) is 11.3 Å². The summed E-state index contributed by atoms with van der Waals surface area (Å²) in [5.41, 5.74) is -0.689. The van der Waals surface area contributed by atoms with Gasteiger partial charge in [-0.2, -0.15) is 22.0 Å². The Kier molecular flexibility index (Phi) is 4.67. The van der Waals surface area contributed by atoms with Crippen LogP contribution >= 0.6 is 11.8 Å². The van der Waals surface area contributed by atoms with Crippen LogP contribution in [0.3, 0.4) is 0 Å². The van der Waals surface area contributed by atoms with Crippen molar-refractivity contribution in [2.45, 2.75) is 56.4 Å². The lowest BCUT2D eigenvalue weighted by atomic mass is 10.0. The van der Waals surface area contributed by atoms with Gasteiger partial charge in [0.2, 0.25) is 11.8 Å². The van der Waals surface area contributed by atoms with E-state index in [0.29, 0.717) is 30.4 Å². The van der Waals surface area contributed by atoms with Crippen LogP contribution in [0.4, 0.5) is 0 Å². The third-order valence-corrected chi connectivity index (χ3v) is 5.57. The van der Waals surface area contributed by atoms with Gasteiger partial charge in [0.25, 0.3) is 0 Å². The predicted molar refractivity (Wildman–Crippen MR) is 82.3 cm³/mol. The van der Waals surface area contributed by atoms with Gasteiger partial charge in [-0.1, -0.05) is 18.0 Å². The standard InChI is InChI=1S/C15H20N4O2S/c16-9-15(7-8-22-10-15)18-12(20)5-6-13-17-14(19-21-13)11-3-1-2-4-11/h11H,1-8,10H2,(H,18,20)/t15-/m0/s1. The quantitative estimate of drug-likeness (QED) is 0.894. The first-order valence-electron chi connectivity index (χ1n) is 7.83. The molecule has 1 atom stereocenters. The van der Waals surface area contributed by atoms with Crippen LogP contribution in [0.15, 0.2) is 4.52 Å². The number of aromatic nitrogens is 2. The van der Waals surface area contributed by atoms with Gasteiger partial charge in [0.15, 0.2) is 5.82 Å². The molecule has 1 aliphatic heterocycles. The van der Waals surface area contributed by atoms with E-state index in [1.165, 1.54) is 12.8 Å². The molecule has 7 heteroatoms. The first-order chi connectivity index (χ1) is 10.7. The molecule has 3 rings (SSSR count). The molecule has 2 fully saturated rings. The number of aryl methyl sites for hydroxylation is 1. The van der Waals surface area contributed by atoms with Crippen LogP contribution in [-0.2, 0) is 11.2 Å². The number of nitrogens with zero attached hydrogens (tertiary/aromatic N) is 3. The van der Waals surface area contributed by atoms with Gasteiger partial charge in [-0.15, -0.1) is 0 Å². The Morgan fingerprint density at radius 2 is 2.32 bits per heavy atom. The second-order valence-corrected chi connectivity index (χ2v) is 7.18. The van der Waals surface area contributed by atoms with E-state index in [-0.39, 0.29) is 12.3 Å². The van der Waals surface area contributed by atoms with E-state index in [1.807, 2.05) is 0 Å². The summed E-state index contributed by atoms with van der Waals surface area (Å²) in [4.78, 5) is 16.4. The Morgan fingerprint density at radius 1 is 1.50 bits per heavy atom. The van der Waals surface area contributed by atoms with Crippen molar-refractivity contribution < 1.29 is 9.32 Å². The molecule has 118 valence electrons. The fourth-order valence-corrected chi connectivity index (χ4v) is 4.32. The molecular weight excluding hydrogens is 300 g/mol. The highest BCUT2D eigenvalue weighted by molar-refractivity contribution is 7.99. The van der Waals surface area contributed by atoms with Crippen molar-refractivity contribution in [1.82, 2.24) is 15.5 Å². The second kappa shape index (κ2) is 6.69. The van der Waals surface area contributed by atoms with Crippen LogP contribution in [0.2, 0.25) is 0 Å². The Hall–Kier alpha value is -1.55. The van der Waals surface area contributed by atoms with Gasteiger partial charge in [-0.05, 0) is 25.0 Å². The van der Waals surface area contributed by atoms with Crippen LogP contribution < -0.4 is 5.32 Å². The van der Waals surface area contributed by atoms with E-state index in [1.54, 1.807) is 11.8 Å². The lowest BCUT2D eigenvalue weighted by Crippen LogP contribution is -2.47. The molecule has 22 heavy (non-hydrogen) atoms. The third kappa shape index (κ3) is 3.43. The van der Waals surface area contributed by atoms with Crippen molar-refractivity contribution in [3.05, 3.63) is 11.7 Å². The predicted octanol–water partition coefficient (Wildman–Crippen LogP) is 2.18. The number of thioether (sulfide) groups is 1. The average molecular weight is 320 g/mol. The van der Waals surface area contributed by atoms with Gasteiger partial charge in [0.05, 0.1) is 6.07 Å². The van der Waals surface area contributed by atoms with Gasteiger partial charge in [0.1, 0.15) is 5.54 Å². The molecule has 1 saturated carbocycles. The minimum atomic E-state index is -0.689. The maximum Gasteiger partial charge on any atom is 0.227 e. The van der Waals surface area contributed by atoms with Crippen molar-refractivity contribution in [2.75, 3.05) is 11.5 Å². The summed E-state index contributed by atoms with van der Waals surface area (Å²) in [6.45, 7) is 0. The van der Waals surface area contributed by atoms with Crippen molar-refractivity contribution in [3.8, 4) is 6.07 Å². The molecule has 0 unspecified atom stereocenters. The topological polar surface area (TPSA) is 91.8 Å². The van der Waals surface area contributed by atoms with E-state index in [9.17, 15) is 10.1 Å². The highest BCUT2D eigenvalue weighted by Crippen LogP contribution is 2.32. The van der Waals surface area contributed by atoms with Gasteiger partial charge in [0, 0.05) is 24.5 Å². The molecule has 0 spiro atoms. The largest absolute Gasteiger partial charge is 0.339 e. The number of nitrogens with one attached hydrogen (secondary N) is 1. The van der Waals surface area contributed by atoms with Crippen LogP contribution in [-0.4, -0.2) is 33.1 Å². The number of hydrogen-bond donors (Lipinski definition) is 1. The maximum absolute atomic E-state index is 12.0. The number of hydrogen-bond acceptors (Lipinski definition) is 6. The highest BCUT2D eigenvalue weighted by Gasteiger charge is 2.35. The molecule has 1 aliphatic carbocycles. The summed E-state index contributed by atoms with van der Waals surface area (Å²) < 4.78 is 5.24. The van der Waals surface area contributed by atoms with Crippen molar-refractivity contribution in [2.24, 2.45) is 0 Å². The van der Waals surface area contributed by atoms with Gasteiger partial charge < -0.3 is 9.84 Å². The molecule has 0 bridgehead atoms. The van der Waals surface area contributed by atoms with Crippen molar-refractivity contribution in [1.29, 1.82) is 5.26 Å². The normalized spacial score (nSPS) is 25.2. The molecule has 1 aromatic heterocycles. The number of carbonyl (C=O) groups excluding carboxylic acids is 1. The number of carbonyl (C=O) groups is 1. The Balaban J connectivity index is 1.50. The fraction of sp³-hybridized carbons (Fsp3) is 0.733. The van der Waals surface area contributed by atoms with E-state index < -0.39 is 5.54 Å². The first-order valence-corrected chi connectivity index (χ1v) is 8.99. The molecular formula is C15H20N4O2S. The monoisotopic (exact) mass is 320 g/mol. The minimum Gasteiger partial charge on any atom is -0.339 e. The summed E-state index contributed by atoms with van der Waals surface area (Å²) in [5, 5.41) is 16.2. The molecule has 1 N–H and O–H groups in total. The van der Waals surface area contributed by atoms with Crippen molar-refractivity contribution >= 4 is 17.7 Å². The smallest absolute Gasteiger partial charge is 0.227 e. The summed E-state index contributed by atoms with van der Waals surface area (Å²) in [6, 6.07) is 2.24. The fourth-order valence-electron chi connectivity index (χ4n) is 3.05. The second-order valence-electron chi connectivity index (χ2n) is 6.07. The van der Waals surface area contributed by atoms with Crippen LogP contribution in [0.1, 0.15) is 56.2 Å². The summed E-state index contributed by atoms with van der Waals surface area (Å²) >= 11 is 1.70. The molecule has 0 radical (unpaired) electrons. The Bertz CT molecular complexity index is 568. The summed E-state index contributed by atoms with van der Waals surface area (Å²) in [5.74, 6) is 3.19. The van der Waals surface area contributed by atoms with E-state index in [4.69, 9.17) is 4.52 Å². The van der Waals surface area contributed by atoms with Crippen LogP contribution in [0.25, 0.3) is 0 Å². The molecule has 1 amide bonds. The van der Waals surface area contributed by atoms with Crippen molar-refractivity contribution in [3.63, 3.8) is 0 Å². The van der Waals surface area contributed by atoms with Gasteiger partial charge in [-0.3, -0.25) is 4.79 Å². The number of rotatable bonds is 5. The Morgan fingerprint density at radius 3 is 3.00 bits per heavy atom. The van der Waals surface area contributed by atoms with Gasteiger partial charge in [-0.25, -0.2) is 0 Å². The number of amides is 1. The molecule has 6 nitrogen and oxygen atoms in total. The zero-order valence-electron chi connectivity index (χ0n) is 12.5. The lowest BCUT2D eigenvalue weighted by Gasteiger charge is -2.20. The van der Waals surface area contributed by atoms with Gasteiger partial charge >= 0.3 is 0 Å². The zero-order valence-corrected chi connectivity index (χ0v) is 13.3.